The second kappa shape index (κ2) is 5.90. The molecule has 1 amide bonds. The summed E-state index contributed by atoms with van der Waals surface area (Å²) in [6.45, 7) is 1.84. The number of hydrogen-bond donors (Lipinski definition) is 1. The fourth-order valence-corrected chi connectivity index (χ4v) is 2.07. The van der Waals surface area contributed by atoms with Gasteiger partial charge in [-0.1, -0.05) is 23.2 Å². The number of nitrogens with one attached hydrogen (secondary N) is 1. The predicted octanol–water partition coefficient (Wildman–Crippen LogP) is 4.71. The number of aromatic nitrogens is 1. The smallest absolute Gasteiger partial charge is 0.258 e. The van der Waals surface area contributed by atoms with Crippen LogP contribution in [0.3, 0.4) is 0 Å². The van der Waals surface area contributed by atoms with Crippen molar-refractivity contribution in [1.82, 2.24) is 4.98 Å². The molecule has 2 rings (SSSR count). The molecule has 0 aliphatic carbocycles. The van der Waals surface area contributed by atoms with Gasteiger partial charge in [0.15, 0.2) is 0 Å². The fraction of sp³-hybridized carbons (Fsp3) is 0.0769. The first-order valence-electron chi connectivity index (χ1n) is 5.37. The van der Waals surface area contributed by atoms with Gasteiger partial charge in [-0.2, -0.15) is 0 Å². The molecule has 19 heavy (non-hydrogen) atoms. The summed E-state index contributed by atoms with van der Waals surface area (Å²) in [6.07, 6.45) is 0. The van der Waals surface area contributed by atoms with Crippen molar-refractivity contribution in [3.05, 3.63) is 56.1 Å². The maximum Gasteiger partial charge on any atom is 0.258 e. The molecular formula is C13H9BrCl2N2O. The minimum atomic E-state index is -0.346. The lowest BCUT2D eigenvalue weighted by molar-refractivity contribution is 0.102. The molecule has 3 nitrogen and oxygen atoms in total. The van der Waals surface area contributed by atoms with Crippen molar-refractivity contribution < 1.29 is 4.79 Å². The van der Waals surface area contributed by atoms with Crippen molar-refractivity contribution in [2.24, 2.45) is 0 Å². The average molecular weight is 360 g/mol. The number of aryl methyl sites for hydroxylation is 1. The van der Waals surface area contributed by atoms with Crippen molar-refractivity contribution in [2.75, 3.05) is 5.32 Å². The minimum Gasteiger partial charge on any atom is -0.307 e. The molecule has 1 N–H and O–H groups in total. The van der Waals surface area contributed by atoms with E-state index in [0.717, 1.165) is 10.2 Å². The number of hydrogen-bond acceptors (Lipinski definition) is 2. The zero-order chi connectivity index (χ0) is 14.0. The molecule has 0 saturated heterocycles. The number of nitrogens with zero attached hydrogens (tertiary/aromatic N) is 1. The van der Waals surface area contributed by atoms with Gasteiger partial charge in [-0.15, -0.1) is 0 Å². The fourth-order valence-electron chi connectivity index (χ4n) is 1.47. The third-order valence-electron chi connectivity index (χ3n) is 2.44. The summed E-state index contributed by atoms with van der Waals surface area (Å²) in [6, 6.07) is 8.25. The van der Waals surface area contributed by atoms with Gasteiger partial charge in [-0.25, -0.2) is 4.98 Å². The quantitative estimate of drug-likeness (QED) is 0.843. The molecule has 2 aromatic rings. The third kappa shape index (κ3) is 3.47. The van der Waals surface area contributed by atoms with Crippen molar-refractivity contribution >= 4 is 50.9 Å². The van der Waals surface area contributed by atoms with E-state index in [1.54, 1.807) is 18.2 Å². The highest BCUT2D eigenvalue weighted by Gasteiger charge is 2.12. The SMILES string of the molecule is Cc1nc(NC(=O)c2cc(Cl)ccc2Cl)ccc1Br. The highest BCUT2D eigenvalue weighted by Crippen LogP contribution is 2.22. The summed E-state index contributed by atoms with van der Waals surface area (Å²) in [5, 5.41) is 3.48. The van der Waals surface area contributed by atoms with Gasteiger partial charge in [0, 0.05) is 9.50 Å². The predicted molar refractivity (Wildman–Crippen MR) is 81.1 cm³/mol. The average Bonchev–Trinajstić information content (AvgIpc) is 2.36. The number of carbonyl (C=O) groups is 1. The van der Waals surface area contributed by atoms with Crippen LogP contribution in [-0.2, 0) is 0 Å². The first kappa shape index (κ1) is 14.3. The standard InChI is InChI=1S/C13H9BrCl2N2O/c1-7-10(14)3-5-12(17-7)18-13(19)9-6-8(15)2-4-11(9)16/h2-6H,1H3,(H,17,18,19). The van der Waals surface area contributed by atoms with E-state index < -0.39 is 0 Å². The normalized spacial score (nSPS) is 10.3. The topological polar surface area (TPSA) is 42.0 Å². The molecule has 6 heteroatoms. The minimum absolute atomic E-state index is 0.316. The van der Waals surface area contributed by atoms with Gasteiger partial charge in [0.2, 0.25) is 0 Å². The Bertz CT molecular complexity index is 647. The van der Waals surface area contributed by atoms with Crippen LogP contribution in [-0.4, -0.2) is 10.9 Å². The van der Waals surface area contributed by atoms with E-state index in [-0.39, 0.29) is 5.91 Å². The van der Waals surface area contributed by atoms with E-state index in [1.807, 2.05) is 13.0 Å². The molecule has 0 aliphatic heterocycles. The summed E-state index contributed by atoms with van der Waals surface area (Å²) in [7, 11) is 0. The van der Waals surface area contributed by atoms with Gasteiger partial charge in [0.1, 0.15) is 5.82 Å². The van der Waals surface area contributed by atoms with Crippen LogP contribution < -0.4 is 5.32 Å². The van der Waals surface area contributed by atoms with E-state index in [1.165, 1.54) is 6.07 Å². The lowest BCUT2D eigenvalue weighted by Gasteiger charge is -2.07. The van der Waals surface area contributed by atoms with Crippen LogP contribution in [0.15, 0.2) is 34.8 Å². The molecule has 1 heterocycles. The van der Waals surface area contributed by atoms with Crippen LogP contribution in [0.25, 0.3) is 0 Å². The number of benzene rings is 1. The zero-order valence-electron chi connectivity index (χ0n) is 9.88. The molecule has 0 aliphatic rings. The van der Waals surface area contributed by atoms with E-state index in [2.05, 4.69) is 26.2 Å². The van der Waals surface area contributed by atoms with Crippen molar-refractivity contribution in [3.63, 3.8) is 0 Å². The van der Waals surface area contributed by atoms with E-state index >= 15 is 0 Å². The van der Waals surface area contributed by atoms with Crippen LogP contribution in [0.4, 0.5) is 5.82 Å². The van der Waals surface area contributed by atoms with E-state index in [9.17, 15) is 4.79 Å². The first-order chi connectivity index (χ1) is 8.97. The summed E-state index contributed by atoms with van der Waals surface area (Å²) in [4.78, 5) is 16.3. The van der Waals surface area contributed by atoms with Crippen LogP contribution in [0.5, 0.6) is 0 Å². The second-order valence-electron chi connectivity index (χ2n) is 3.84. The summed E-state index contributed by atoms with van der Waals surface area (Å²) in [5.41, 5.74) is 1.10. The summed E-state index contributed by atoms with van der Waals surface area (Å²) < 4.78 is 0.881. The number of halogens is 3. The van der Waals surface area contributed by atoms with Crippen LogP contribution in [0.1, 0.15) is 16.1 Å². The van der Waals surface area contributed by atoms with Gasteiger partial charge in [0.25, 0.3) is 5.91 Å². The Hall–Kier alpha value is -1.10. The number of amides is 1. The van der Waals surface area contributed by atoms with E-state index in [0.29, 0.717) is 21.4 Å². The Morgan fingerprint density at radius 3 is 2.68 bits per heavy atom. The molecule has 0 spiro atoms. The van der Waals surface area contributed by atoms with Gasteiger partial charge < -0.3 is 5.32 Å². The lowest BCUT2D eigenvalue weighted by atomic mass is 10.2. The van der Waals surface area contributed by atoms with Gasteiger partial charge >= 0.3 is 0 Å². The van der Waals surface area contributed by atoms with Gasteiger partial charge in [-0.3, -0.25) is 4.79 Å². The third-order valence-corrected chi connectivity index (χ3v) is 3.84. The number of pyridine rings is 1. The van der Waals surface area contributed by atoms with Crippen molar-refractivity contribution in [1.29, 1.82) is 0 Å². The molecule has 1 aromatic carbocycles. The molecule has 0 saturated carbocycles. The largest absolute Gasteiger partial charge is 0.307 e. The first-order valence-corrected chi connectivity index (χ1v) is 6.92. The van der Waals surface area contributed by atoms with Gasteiger partial charge in [0.05, 0.1) is 16.3 Å². The van der Waals surface area contributed by atoms with Crippen LogP contribution in [0.2, 0.25) is 10.0 Å². The molecule has 0 fully saturated rings. The molecule has 0 bridgehead atoms. The Balaban J connectivity index is 2.25. The maximum absolute atomic E-state index is 12.1. The van der Waals surface area contributed by atoms with Crippen molar-refractivity contribution in [2.45, 2.75) is 6.92 Å². The molecule has 0 radical (unpaired) electrons. The molecular weight excluding hydrogens is 351 g/mol. The number of anilines is 1. The monoisotopic (exact) mass is 358 g/mol. The Kier molecular flexibility index (Phi) is 4.45. The highest BCUT2D eigenvalue weighted by atomic mass is 79.9. The number of rotatable bonds is 2. The molecule has 0 unspecified atom stereocenters. The Labute approximate surface area is 129 Å². The number of carbonyl (C=O) groups excluding carboxylic acids is 1. The maximum atomic E-state index is 12.1. The Morgan fingerprint density at radius 2 is 2.00 bits per heavy atom. The van der Waals surface area contributed by atoms with E-state index in [4.69, 9.17) is 23.2 Å². The second-order valence-corrected chi connectivity index (χ2v) is 5.54. The molecule has 0 atom stereocenters. The highest BCUT2D eigenvalue weighted by molar-refractivity contribution is 9.10. The van der Waals surface area contributed by atoms with Crippen molar-refractivity contribution in [3.8, 4) is 0 Å². The van der Waals surface area contributed by atoms with Gasteiger partial charge in [-0.05, 0) is 53.2 Å². The summed E-state index contributed by atoms with van der Waals surface area (Å²) >= 11 is 15.2. The molecule has 98 valence electrons. The lowest BCUT2D eigenvalue weighted by Crippen LogP contribution is -2.13. The van der Waals surface area contributed by atoms with Crippen LogP contribution >= 0.6 is 39.1 Å². The zero-order valence-corrected chi connectivity index (χ0v) is 13.0. The Morgan fingerprint density at radius 1 is 1.26 bits per heavy atom. The van der Waals surface area contributed by atoms with Crippen LogP contribution in [0, 0.1) is 6.92 Å². The summed E-state index contributed by atoms with van der Waals surface area (Å²) in [5.74, 6) is 0.114. The molecule has 1 aromatic heterocycles.